The van der Waals surface area contributed by atoms with Crippen molar-refractivity contribution in [3.05, 3.63) is 111 Å². The molecule has 3 aliphatic rings. The minimum atomic E-state index is -4.56. The van der Waals surface area contributed by atoms with E-state index in [0.29, 0.717) is 37.3 Å². The number of piperidine rings is 2. The van der Waals surface area contributed by atoms with Gasteiger partial charge in [-0.05, 0) is 110 Å². The van der Waals surface area contributed by atoms with Gasteiger partial charge in [0, 0.05) is 74.5 Å². The van der Waals surface area contributed by atoms with Crippen LogP contribution in [0.15, 0.2) is 84.0 Å². The number of hydrogen-bond donors (Lipinski definition) is 3. The molecule has 7 rings (SSSR count). The van der Waals surface area contributed by atoms with Crippen molar-refractivity contribution in [2.45, 2.75) is 62.5 Å². The Balaban J connectivity index is 1.06. The third-order valence-electron chi connectivity index (χ3n) is 11.4. The van der Waals surface area contributed by atoms with Gasteiger partial charge < -0.3 is 24.8 Å². The van der Waals surface area contributed by atoms with Crippen LogP contribution >= 0.6 is 11.6 Å². The maximum Gasteiger partial charge on any atom is 0.293 e. The quantitative estimate of drug-likeness (QED) is 0.0854. The number of hydrogen-bond acceptors (Lipinski definition) is 12. The second kappa shape index (κ2) is 18.9. The van der Waals surface area contributed by atoms with Crippen LogP contribution in [0.3, 0.4) is 0 Å². The lowest BCUT2D eigenvalue weighted by Crippen LogP contribution is -2.41. The molecule has 4 aromatic rings. The third-order valence-corrected chi connectivity index (χ3v) is 12.9. The number of likely N-dealkylation sites (tertiary alicyclic amines) is 1. The number of benzene rings is 3. The highest BCUT2D eigenvalue weighted by Crippen LogP contribution is 2.36. The molecule has 3 fully saturated rings. The number of sulfonamides is 1. The monoisotopic (exact) mass is 832 g/mol. The van der Waals surface area contributed by atoms with Gasteiger partial charge in [0.15, 0.2) is 0 Å². The normalized spacial score (nSPS) is 18.4. The largest absolute Gasteiger partial charge is 0.455 e. The molecule has 3 aromatic carbocycles. The first kappa shape index (κ1) is 41.4. The van der Waals surface area contributed by atoms with Gasteiger partial charge >= 0.3 is 0 Å². The first-order valence-corrected chi connectivity index (χ1v) is 21.7. The molecule has 14 nitrogen and oxygen atoms in total. The first-order chi connectivity index (χ1) is 28.1. The number of anilines is 2. The van der Waals surface area contributed by atoms with Gasteiger partial charge in [0.2, 0.25) is 0 Å². The molecule has 308 valence electrons. The number of nitrogens with zero attached hydrogens (tertiary/aromatic N) is 4. The molecule has 4 heterocycles. The Hall–Kier alpha value is -4.80. The van der Waals surface area contributed by atoms with E-state index in [9.17, 15) is 28.4 Å². The van der Waals surface area contributed by atoms with Crippen molar-refractivity contribution in [2.75, 3.05) is 56.2 Å². The second-order valence-corrected chi connectivity index (χ2v) is 17.4. The lowest BCUT2D eigenvalue weighted by atomic mass is 9.91. The number of pyridine rings is 1. The van der Waals surface area contributed by atoms with E-state index in [4.69, 9.17) is 21.1 Å². The molecule has 0 radical (unpaired) electrons. The average molecular weight is 833 g/mol. The summed E-state index contributed by atoms with van der Waals surface area (Å²) in [7, 11) is -4.56. The van der Waals surface area contributed by atoms with E-state index in [1.165, 1.54) is 49.0 Å². The minimum absolute atomic E-state index is 0.0702. The lowest BCUT2D eigenvalue weighted by molar-refractivity contribution is -0.384. The Kier molecular flexibility index (Phi) is 13.4. The summed E-state index contributed by atoms with van der Waals surface area (Å²) in [4.78, 5) is 33.7. The number of halogens is 1. The Morgan fingerprint density at radius 1 is 0.948 bits per heavy atom. The zero-order valence-electron chi connectivity index (χ0n) is 32.2. The molecule has 1 unspecified atom stereocenters. The van der Waals surface area contributed by atoms with Crippen molar-refractivity contribution in [3.8, 4) is 11.5 Å². The van der Waals surface area contributed by atoms with Crippen LogP contribution in [-0.4, -0.2) is 80.2 Å². The maximum absolute atomic E-state index is 13.8. The fraction of sp³-hybridized carbons (Fsp3) is 0.429. The number of nitrogens with one attached hydrogen (secondary N) is 2. The van der Waals surface area contributed by atoms with E-state index in [0.717, 1.165) is 75.1 Å². The smallest absolute Gasteiger partial charge is 0.293 e. The predicted octanol–water partition coefficient (Wildman–Crippen LogP) is 7.33. The van der Waals surface area contributed by atoms with Gasteiger partial charge in [0.05, 0.1) is 28.2 Å². The lowest BCUT2D eigenvalue weighted by Gasteiger charge is -2.41. The highest BCUT2D eigenvalue weighted by Gasteiger charge is 2.30. The summed E-state index contributed by atoms with van der Waals surface area (Å²) in [6, 6.07) is 18.7. The SMILES string of the molecule is O=C(NS(=O)(=O)c1ccc(NCC2CCOCC2)c([N+](=O)[O-])c1)c1ccc(N2CCC(CN3CCCCC3c3ccc(Cl)cc3)CC2)cc1Oc1cncc(CO)c1. The fourth-order valence-electron chi connectivity index (χ4n) is 8.11. The summed E-state index contributed by atoms with van der Waals surface area (Å²) < 4.78 is 40.8. The van der Waals surface area contributed by atoms with Gasteiger partial charge in [0.1, 0.15) is 17.2 Å². The van der Waals surface area contributed by atoms with Crippen LogP contribution in [0.5, 0.6) is 11.5 Å². The molecule has 1 atom stereocenters. The van der Waals surface area contributed by atoms with Gasteiger partial charge in [-0.25, -0.2) is 13.1 Å². The zero-order chi connectivity index (χ0) is 40.6. The molecule has 3 saturated heterocycles. The summed E-state index contributed by atoms with van der Waals surface area (Å²) in [5, 5.41) is 25.5. The molecular weight excluding hydrogens is 784 g/mol. The van der Waals surface area contributed by atoms with Crippen molar-refractivity contribution in [1.82, 2.24) is 14.6 Å². The Labute approximate surface area is 343 Å². The number of carbonyl (C=O) groups is 1. The van der Waals surface area contributed by atoms with Gasteiger partial charge in [-0.2, -0.15) is 0 Å². The number of aromatic nitrogens is 1. The number of ether oxygens (including phenoxy) is 2. The Morgan fingerprint density at radius 3 is 2.47 bits per heavy atom. The summed E-state index contributed by atoms with van der Waals surface area (Å²) in [5.41, 5.74) is 2.29. The van der Waals surface area contributed by atoms with Crippen LogP contribution in [0.2, 0.25) is 5.02 Å². The number of aliphatic hydroxyl groups excluding tert-OH is 1. The molecule has 58 heavy (non-hydrogen) atoms. The van der Waals surface area contributed by atoms with E-state index in [1.54, 1.807) is 18.2 Å². The minimum Gasteiger partial charge on any atom is -0.455 e. The molecule has 1 amide bonds. The van der Waals surface area contributed by atoms with Gasteiger partial charge in [-0.15, -0.1) is 0 Å². The number of carbonyl (C=O) groups excluding carboxylic acids is 1. The van der Waals surface area contributed by atoms with Crippen molar-refractivity contribution >= 4 is 44.6 Å². The number of nitro benzene ring substituents is 1. The van der Waals surface area contributed by atoms with E-state index < -0.39 is 31.4 Å². The van der Waals surface area contributed by atoms with E-state index in [1.807, 2.05) is 12.1 Å². The highest BCUT2D eigenvalue weighted by atomic mass is 35.5. The molecule has 0 bridgehead atoms. The van der Waals surface area contributed by atoms with E-state index in [2.05, 4.69) is 37.0 Å². The van der Waals surface area contributed by atoms with Crippen molar-refractivity contribution in [2.24, 2.45) is 11.8 Å². The molecule has 0 aliphatic carbocycles. The summed E-state index contributed by atoms with van der Waals surface area (Å²) in [6.45, 7) is 5.08. The van der Waals surface area contributed by atoms with E-state index in [-0.39, 0.29) is 35.3 Å². The van der Waals surface area contributed by atoms with Crippen LogP contribution in [0, 0.1) is 22.0 Å². The van der Waals surface area contributed by atoms with Gasteiger partial charge in [0.25, 0.3) is 21.6 Å². The molecule has 3 aliphatic heterocycles. The zero-order valence-corrected chi connectivity index (χ0v) is 33.8. The van der Waals surface area contributed by atoms with Crippen molar-refractivity contribution < 1.29 is 32.7 Å². The molecule has 0 spiro atoms. The highest BCUT2D eigenvalue weighted by molar-refractivity contribution is 7.90. The number of rotatable bonds is 14. The average Bonchev–Trinajstić information content (AvgIpc) is 3.24. The number of amides is 1. The standard InChI is InChI=1S/C42H49ClN6O8S/c43-33-6-4-32(5-7-33)39-3-1-2-16-48(39)27-30-12-17-47(18-13-30)34-8-10-37(41(22-34)57-35-21-31(28-50)24-44-26-35)42(51)46-58(54,55)36-9-11-38(40(23-36)49(52)53)45-25-29-14-19-56-20-15-29/h4-11,21-24,26,29-30,39,45,50H,1-3,12-20,25,27-28H2,(H,46,51). The third kappa shape index (κ3) is 10.2. The van der Waals surface area contributed by atoms with Crippen LogP contribution < -0.4 is 19.7 Å². The Morgan fingerprint density at radius 2 is 1.72 bits per heavy atom. The fourth-order valence-corrected chi connectivity index (χ4v) is 9.22. The van der Waals surface area contributed by atoms with Crippen molar-refractivity contribution in [1.29, 1.82) is 0 Å². The molecule has 1 aromatic heterocycles. The van der Waals surface area contributed by atoms with Crippen LogP contribution in [0.4, 0.5) is 17.1 Å². The summed E-state index contributed by atoms with van der Waals surface area (Å²) >= 11 is 6.18. The van der Waals surface area contributed by atoms with Crippen LogP contribution in [-0.2, 0) is 21.4 Å². The topological polar surface area (TPSA) is 176 Å². The number of aliphatic hydroxyl groups is 1. The molecule has 3 N–H and O–H groups in total. The Bertz CT molecular complexity index is 2180. The second-order valence-electron chi connectivity index (χ2n) is 15.3. The maximum atomic E-state index is 13.8. The van der Waals surface area contributed by atoms with Crippen molar-refractivity contribution in [3.63, 3.8) is 0 Å². The predicted molar refractivity (Wildman–Crippen MR) is 221 cm³/mol. The number of nitro groups is 1. The summed E-state index contributed by atoms with van der Waals surface area (Å²) in [5.74, 6) is 0.131. The summed E-state index contributed by atoms with van der Waals surface area (Å²) in [6.07, 6.45) is 10.0. The van der Waals surface area contributed by atoms with Gasteiger partial charge in [-0.1, -0.05) is 30.2 Å². The first-order valence-electron chi connectivity index (χ1n) is 19.8. The van der Waals surface area contributed by atoms with Crippen LogP contribution in [0.25, 0.3) is 0 Å². The molecular formula is C42H49ClN6O8S. The van der Waals surface area contributed by atoms with Crippen LogP contribution in [0.1, 0.15) is 72.5 Å². The molecule has 16 heteroatoms. The van der Waals surface area contributed by atoms with E-state index >= 15 is 0 Å². The molecule has 0 saturated carbocycles. The van der Waals surface area contributed by atoms with Gasteiger partial charge in [-0.3, -0.25) is 24.8 Å².